The number of benzene rings is 1. The maximum absolute atomic E-state index is 13.0. The van der Waals surface area contributed by atoms with Gasteiger partial charge in [-0.1, -0.05) is 30.7 Å². The second kappa shape index (κ2) is 8.99. The van der Waals surface area contributed by atoms with Crippen LogP contribution in [0.4, 0.5) is 5.69 Å². The van der Waals surface area contributed by atoms with Crippen LogP contribution in [0.1, 0.15) is 32.1 Å². The number of piperidine rings is 1. The normalized spacial score (nSPS) is 20.8. The SMILES string of the molecule is C=CCN(C(=O)CN1CCCCC1C(=O)N1CCCC1)c1ccccc1. The van der Waals surface area contributed by atoms with Crippen LogP contribution in [0.2, 0.25) is 0 Å². The first-order valence-electron chi connectivity index (χ1n) is 9.70. The van der Waals surface area contributed by atoms with Crippen LogP contribution >= 0.6 is 0 Å². The van der Waals surface area contributed by atoms with E-state index in [1.807, 2.05) is 35.2 Å². The van der Waals surface area contributed by atoms with E-state index in [2.05, 4.69) is 11.5 Å². The highest BCUT2D eigenvalue weighted by atomic mass is 16.2. The molecule has 0 N–H and O–H groups in total. The molecule has 140 valence electrons. The van der Waals surface area contributed by atoms with Gasteiger partial charge in [0.2, 0.25) is 11.8 Å². The van der Waals surface area contributed by atoms with E-state index in [9.17, 15) is 9.59 Å². The Morgan fingerprint density at radius 1 is 1.08 bits per heavy atom. The summed E-state index contributed by atoms with van der Waals surface area (Å²) in [6.45, 7) is 7.08. The molecule has 1 unspecified atom stereocenters. The fourth-order valence-corrected chi connectivity index (χ4v) is 3.96. The van der Waals surface area contributed by atoms with Crippen LogP contribution in [0.15, 0.2) is 43.0 Å². The van der Waals surface area contributed by atoms with Crippen LogP contribution in [0.25, 0.3) is 0 Å². The zero-order valence-electron chi connectivity index (χ0n) is 15.5. The van der Waals surface area contributed by atoms with E-state index in [-0.39, 0.29) is 24.4 Å². The predicted molar refractivity (Wildman–Crippen MR) is 104 cm³/mol. The molecular formula is C21H29N3O2. The van der Waals surface area contributed by atoms with E-state index in [4.69, 9.17) is 0 Å². The van der Waals surface area contributed by atoms with Crippen LogP contribution in [-0.4, -0.2) is 60.4 Å². The maximum atomic E-state index is 13.0. The Morgan fingerprint density at radius 3 is 2.46 bits per heavy atom. The molecule has 5 heteroatoms. The van der Waals surface area contributed by atoms with Gasteiger partial charge in [0.15, 0.2) is 0 Å². The zero-order valence-corrected chi connectivity index (χ0v) is 15.5. The van der Waals surface area contributed by atoms with Crippen molar-refractivity contribution in [2.24, 2.45) is 0 Å². The van der Waals surface area contributed by atoms with E-state index in [1.54, 1.807) is 11.0 Å². The average Bonchev–Trinajstić information content (AvgIpc) is 3.21. The van der Waals surface area contributed by atoms with E-state index < -0.39 is 0 Å². The fraction of sp³-hybridized carbons (Fsp3) is 0.524. The number of likely N-dealkylation sites (tertiary alicyclic amines) is 2. The minimum absolute atomic E-state index is 0.0252. The number of hydrogen-bond donors (Lipinski definition) is 0. The molecule has 1 atom stereocenters. The van der Waals surface area contributed by atoms with Crippen molar-refractivity contribution in [2.75, 3.05) is 37.6 Å². The van der Waals surface area contributed by atoms with Crippen LogP contribution in [0.3, 0.4) is 0 Å². The van der Waals surface area contributed by atoms with Crippen molar-refractivity contribution in [3.8, 4) is 0 Å². The Hall–Kier alpha value is -2.14. The van der Waals surface area contributed by atoms with Crippen molar-refractivity contribution in [3.05, 3.63) is 43.0 Å². The van der Waals surface area contributed by atoms with Gasteiger partial charge in [0.1, 0.15) is 0 Å². The van der Waals surface area contributed by atoms with Gasteiger partial charge in [0, 0.05) is 25.3 Å². The Kier molecular flexibility index (Phi) is 6.45. The third-order valence-electron chi connectivity index (χ3n) is 5.34. The van der Waals surface area contributed by atoms with Gasteiger partial charge in [-0.25, -0.2) is 0 Å². The molecule has 0 spiro atoms. The summed E-state index contributed by atoms with van der Waals surface area (Å²) in [7, 11) is 0. The van der Waals surface area contributed by atoms with Crippen molar-refractivity contribution in [1.29, 1.82) is 0 Å². The molecule has 2 fully saturated rings. The molecule has 2 aliphatic heterocycles. The molecule has 1 aromatic carbocycles. The first-order chi connectivity index (χ1) is 12.7. The lowest BCUT2D eigenvalue weighted by Crippen LogP contribution is -2.53. The van der Waals surface area contributed by atoms with Crippen LogP contribution < -0.4 is 4.90 Å². The van der Waals surface area contributed by atoms with Gasteiger partial charge < -0.3 is 9.80 Å². The Balaban J connectivity index is 1.70. The van der Waals surface area contributed by atoms with E-state index >= 15 is 0 Å². The smallest absolute Gasteiger partial charge is 0.241 e. The molecule has 1 aromatic rings. The topological polar surface area (TPSA) is 43.9 Å². The van der Waals surface area contributed by atoms with Crippen molar-refractivity contribution >= 4 is 17.5 Å². The van der Waals surface area contributed by atoms with E-state index in [0.717, 1.165) is 57.4 Å². The number of carbonyl (C=O) groups is 2. The molecule has 2 aliphatic rings. The van der Waals surface area contributed by atoms with Gasteiger partial charge in [0.25, 0.3) is 0 Å². The highest BCUT2D eigenvalue weighted by molar-refractivity contribution is 5.95. The largest absolute Gasteiger partial charge is 0.341 e. The van der Waals surface area contributed by atoms with Crippen molar-refractivity contribution in [3.63, 3.8) is 0 Å². The lowest BCUT2D eigenvalue weighted by molar-refractivity contribution is -0.138. The summed E-state index contributed by atoms with van der Waals surface area (Å²) >= 11 is 0. The standard InChI is InChI=1S/C21H29N3O2/c1-2-13-24(18-10-4-3-5-11-18)20(25)17-23-16-7-6-12-19(23)21(26)22-14-8-9-15-22/h2-5,10-11,19H,1,6-9,12-17H2. The van der Waals surface area contributed by atoms with Crippen LogP contribution in [-0.2, 0) is 9.59 Å². The first-order valence-corrected chi connectivity index (χ1v) is 9.70. The van der Waals surface area contributed by atoms with Crippen LogP contribution in [0, 0.1) is 0 Å². The summed E-state index contributed by atoms with van der Waals surface area (Å²) in [4.78, 5) is 31.7. The number of hydrogen-bond acceptors (Lipinski definition) is 3. The highest BCUT2D eigenvalue weighted by Crippen LogP contribution is 2.22. The summed E-state index contributed by atoms with van der Waals surface area (Å²) in [5.41, 5.74) is 0.872. The van der Waals surface area contributed by atoms with Gasteiger partial charge in [-0.15, -0.1) is 6.58 Å². The fourth-order valence-electron chi connectivity index (χ4n) is 3.96. The Labute approximate surface area is 156 Å². The molecular weight excluding hydrogens is 326 g/mol. The molecule has 0 aliphatic carbocycles. The molecule has 2 saturated heterocycles. The van der Waals surface area contributed by atoms with Gasteiger partial charge >= 0.3 is 0 Å². The Morgan fingerprint density at radius 2 is 1.77 bits per heavy atom. The summed E-state index contributed by atoms with van der Waals surface area (Å²) in [6.07, 6.45) is 6.90. The summed E-state index contributed by atoms with van der Waals surface area (Å²) in [5.74, 6) is 0.238. The average molecular weight is 355 g/mol. The quantitative estimate of drug-likeness (QED) is 0.737. The zero-order chi connectivity index (χ0) is 18.4. The molecule has 5 nitrogen and oxygen atoms in total. The summed E-state index contributed by atoms with van der Waals surface area (Å²) in [5, 5.41) is 0. The third-order valence-corrected chi connectivity index (χ3v) is 5.34. The second-order valence-electron chi connectivity index (χ2n) is 7.14. The van der Waals surface area contributed by atoms with Crippen LogP contribution in [0.5, 0.6) is 0 Å². The number of nitrogens with zero attached hydrogens (tertiary/aromatic N) is 3. The minimum Gasteiger partial charge on any atom is -0.341 e. The lowest BCUT2D eigenvalue weighted by atomic mass is 10.0. The number of carbonyl (C=O) groups excluding carboxylic acids is 2. The van der Waals surface area contributed by atoms with E-state index in [0.29, 0.717) is 6.54 Å². The molecule has 0 aromatic heterocycles. The summed E-state index contributed by atoms with van der Waals surface area (Å²) in [6, 6.07) is 9.52. The molecule has 0 radical (unpaired) electrons. The third kappa shape index (κ3) is 4.33. The second-order valence-corrected chi connectivity index (χ2v) is 7.14. The predicted octanol–water partition coefficient (Wildman–Crippen LogP) is 2.68. The Bertz CT molecular complexity index is 625. The highest BCUT2D eigenvalue weighted by Gasteiger charge is 2.34. The van der Waals surface area contributed by atoms with Gasteiger partial charge in [0.05, 0.1) is 12.6 Å². The minimum atomic E-state index is -0.146. The van der Waals surface area contributed by atoms with Crippen molar-refractivity contribution in [2.45, 2.75) is 38.1 Å². The number of amides is 2. The van der Waals surface area contributed by atoms with Gasteiger partial charge in [-0.05, 0) is 44.4 Å². The number of para-hydroxylation sites is 1. The molecule has 2 heterocycles. The maximum Gasteiger partial charge on any atom is 0.241 e. The molecule has 0 saturated carbocycles. The van der Waals surface area contributed by atoms with Gasteiger partial charge in [-0.2, -0.15) is 0 Å². The molecule has 3 rings (SSSR count). The lowest BCUT2D eigenvalue weighted by Gasteiger charge is -2.37. The van der Waals surface area contributed by atoms with Gasteiger partial charge in [-0.3, -0.25) is 14.5 Å². The van der Waals surface area contributed by atoms with E-state index in [1.165, 1.54) is 0 Å². The molecule has 0 bridgehead atoms. The molecule has 2 amide bonds. The number of anilines is 1. The summed E-state index contributed by atoms with van der Waals surface area (Å²) < 4.78 is 0. The first kappa shape index (κ1) is 18.6. The van der Waals surface area contributed by atoms with Crippen molar-refractivity contribution < 1.29 is 9.59 Å². The monoisotopic (exact) mass is 355 g/mol. The molecule has 26 heavy (non-hydrogen) atoms. The number of rotatable bonds is 6. The van der Waals surface area contributed by atoms with Crippen molar-refractivity contribution in [1.82, 2.24) is 9.80 Å².